The Hall–Kier alpha value is -2.73. The van der Waals surface area contributed by atoms with Crippen LogP contribution in [-0.4, -0.2) is 17.7 Å². The Balaban J connectivity index is 1.23. The van der Waals surface area contributed by atoms with Crippen LogP contribution in [-0.2, 0) is 9.59 Å². The molecule has 1 N–H and O–H groups in total. The molecule has 156 valence electrons. The van der Waals surface area contributed by atoms with E-state index in [4.69, 9.17) is 0 Å². The minimum Gasteiger partial charge on any atom is -0.322 e. The van der Waals surface area contributed by atoms with E-state index in [2.05, 4.69) is 33.4 Å². The van der Waals surface area contributed by atoms with Gasteiger partial charge in [0.1, 0.15) is 0 Å². The van der Waals surface area contributed by atoms with Gasteiger partial charge in [-0.2, -0.15) is 0 Å². The Labute approximate surface area is 188 Å². The van der Waals surface area contributed by atoms with E-state index < -0.39 is 0 Å². The molecule has 0 radical (unpaired) electrons. The summed E-state index contributed by atoms with van der Waals surface area (Å²) in [4.78, 5) is 40.5. The smallest absolute Gasteiger partial charge is 0.255 e. The highest BCUT2D eigenvalue weighted by atomic mass is 79.9. The molecule has 31 heavy (non-hydrogen) atoms. The molecule has 2 aromatic rings. The van der Waals surface area contributed by atoms with Crippen LogP contribution in [0.5, 0.6) is 0 Å². The zero-order valence-corrected chi connectivity index (χ0v) is 18.5. The van der Waals surface area contributed by atoms with Crippen molar-refractivity contribution in [1.82, 2.24) is 0 Å². The third kappa shape index (κ3) is 2.77. The molecule has 2 bridgehead atoms. The Kier molecular flexibility index (Phi) is 4.06. The molecule has 7 rings (SSSR count). The molecule has 3 amide bonds. The molecular formula is C25H21BrN2O3. The quantitative estimate of drug-likeness (QED) is 0.521. The Morgan fingerprint density at radius 3 is 2.16 bits per heavy atom. The van der Waals surface area contributed by atoms with Crippen LogP contribution >= 0.6 is 15.9 Å². The first-order valence-corrected chi connectivity index (χ1v) is 11.5. The second-order valence-electron chi connectivity index (χ2n) is 9.13. The largest absolute Gasteiger partial charge is 0.322 e. The molecule has 0 spiro atoms. The lowest BCUT2D eigenvalue weighted by molar-refractivity contribution is -0.124. The molecule has 6 atom stereocenters. The predicted octanol–water partition coefficient (Wildman–Crippen LogP) is 4.57. The molecule has 3 fully saturated rings. The van der Waals surface area contributed by atoms with E-state index in [1.165, 1.54) is 4.90 Å². The lowest BCUT2D eigenvalue weighted by atomic mass is 9.63. The number of nitrogens with one attached hydrogen (secondary N) is 1. The number of rotatable bonds is 3. The number of anilines is 2. The first-order chi connectivity index (χ1) is 14.9. The topological polar surface area (TPSA) is 66.5 Å². The summed E-state index contributed by atoms with van der Waals surface area (Å²) in [6, 6.07) is 12.4. The van der Waals surface area contributed by atoms with E-state index in [1.807, 2.05) is 25.1 Å². The van der Waals surface area contributed by atoms with Crippen LogP contribution in [0.1, 0.15) is 22.3 Å². The normalized spacial score (nSPS) is 32.1. The molecule has 0 unspecified atom stereocenters. The number of allylic oxidation sites excluding steroid dienone is 2. The third-order valence-corrected chi connectivity index (χ3v) is 7.98. The van der Waals surface area contributed by atoms with Gasteiger partial charge in [-0.05, 0) is 85.0 Å². The van der Waals surface area contributed by atoms with Crippen LogP contribution < -0.4 is 10.2 Å². The van der Waals surface area contributed by atoms with Gasteiger partial charge >= 0.3 is 0 Å². The fraction of sp³-hybridized carbons (Fsp3) is 0.320. The number of carbonyl (C=O) groups is 3. The summed E-state index contributed by atoms with van der Waals surface area (Å²) in [5.74, 6) is 0.768. The van der Waals surface area contributed by atoms with E-state index in [0.717, 1.165) is 22.1 Å². The van der Waals surface area contributed by atoms with Gasteiger partial charge in [-0.3, -0.25) is 19.3 Å². The van der Waals surface area contributed by atoms with Crippen LogP contribution in [0.3, 0.4) is 0 Å². The standard InChI is InChI=1S/C25H21BrN2O3/c1-12-10-14(26)4-9-20(12)27-23(29)13-2-5-15(6-3-13)28-24(30)21-16-7-8-17(19-11-18(16)19)22(21)25(28)31/h2-10,16-19,21-22H,11H2,1H3,(H,27,29)/t16-,17+,18-,19-,21+,22-/m1/s1. The van der Waals surface area contributed by atoms with E-state index in [1.54, 1.807) is 24.3 Å². The van der Waals surface area contributed by atoms with Gasteiger partial charge < -0.3 is 5.32 Å². The molecule has 2 saturated carbocycles. The van der Waals surface area contributed by atoms with Crippen LogP contribution in [0.15, 0.2) is 59.1 Å². The number of benzene rings is 2. The van der Waals surface area contributed by atoms with Crippen molar-refractivity contribution in [3.05, 3.63) is 70.2 Å². The highest BCUT2D eigenvalue weighted by Crippen LogP contribution is 2.65. The van der Waals surface area contributed by atoms with E-state index >= 15 is 0 Å². The van der Waals surface area contributed by atoms with Crippen molar-refractivity contribution in [2.24, 2.45) is 35.5 Å². The number of halogens is 1. The second-order valence-corrected chi connectivity index (χ2v) is 10.0. The summed E-state index contributed by atoms with van der Waals surface area (Å²) < 4.78 is 0.953. The minimum absolute atomic E-state index is 0.0811. The summed E-state index contributed by atoms with van der Waals surface area (Å²) in [5.41, 5.74) is 2.73. The van der Waals surface area contributed by atoms with Gasteiger partial charge in [0.05, 0.1) is 17.5 Å². The maximum Gasteiger partial charge on any atom is 0.255 e. The number of hydrogen-bond acceptors (Lipinski definition) is 3. The minimum atomic E-state index is -0.230. The first-order valence-electron chi connectivity index (χ1n) is 10.7. The van der Waals surface area contributed by atoms with Crippen LogP contribution in [0.4, 0.5) is 11.4 Å². The average molecular weight is 477 g/mol. The Morgan fingerprint density at radius 2 is 1.58 bits per heavy atom. The van der Waals surface area contributed by atoms with Crippen LogP contribution in [0.25, 0.3) is 0 Å². The first kappa shape index (κ1) is 19.0. The molecule has 5 nitrogen and oxygen atoms in total. The van der Waals surface area contributed by atoms with Gasteiger partial charge in [0.15, 0.2) is 0 Å². The van der Waals surface area contributed by atoms with Gasteiger partial charge in [0.25, 0.3) is 5.91 Å². The van der Waals surface area contributed by atoms with Crippen molar-refractivity contribution in [2.75, 3.05) is 10.2 Å². The summed E-state index contributed by atoms with van der Waals surface area (Å²) >= 11 is 3.42. The average Bonchev–Trinajstić information content (AvgIpc) is 3.54. The number of hydrogen-bond donors (Lipinski definition) is 1. The van der Waals surface area contributed by atoms with E-state index in [9.17, 15) is 14.4 Å². The summed E-state index contributed by atoms with van der Waals surface area (Å²) in [6.45, 7) is 1.93. The number of aryl methyl sites for hydroxylation is 1. The number of amides is 3. The maximum atomic E-state index is 13.2. The number of nitrogens with zero attached hydrogens (tertiary/aromatic N) is 1. The molecule has 1 heterocycles. The lowest BCUT2D eigenvalue weighted by Crippen LogP contribution is -2.40. The molecular weight excluding hydrogens is 456 g/mol. The van der Waals surface area contributed by atoms with Crippen LogP contribution in [0, 0.1) is 42.4 Å². The zero-order valence-electron chi connectivity index (χ0n) is 16.9. The molecule has 6 heteroatoms. The van der Waals surface area contributed by atoms with E-state index in [-0.39, 0.29) is 41.4 Å². The van der Waals surface area contributed by atoms with Gasteiger partial charge in [0, 0.05) is 15.7 Å². The van der Waals surface area contributed by atoms with Gasteiger partial charge in [-0.1, -0.05) is 28.1 Å². The van der Waals surface area contributed by atoms with Gasteiger partial charge in [-0.25, -0.2) is 0 Å². The molecule has 0 aromatic heterocycles. The number of carbonyl (C=O) groups excluding carboxylic acids is 3. The van der Waals surface area contributed by atoms with E-state index in [0.29, 0.717) is 23.1 Å². The Bertz CT molecular complexity index is 1140. The van der Waals surface area contributed by atoms with Crippen molar-refractivity contribution in [1.29, 1.82) is 0 Å². The summed E-state index contributed by atoms with van der Waals surface area (Å²) in [7, 11) is 0. The van der Waals surface area contributed by atoms with Crippen molar-refractivity contribution in [2.45, 2.75) is 13.3 Å². The highest BCUT2D eigenvalue weighted by Gasteiger charge is 2.67. The SMILES string of the molecule is Cc1cc(Br)ccc1NC(=O)c1ccc(N2C(=O)[C@@H]3[C@H]4C=C[C@H]([C@H]5C[C@H]45)[C@@H]3C2=O)cc1. The van der Waals surface area contributed by atoms with Crippen molar-refractivity contribution in [3.63, 3.8) is 0 Å². The van der Waals surface area contributed by atoms with Crippen molar-refractivity contribution >= 4 is 45.0 Å². The van der Waals surface area contributed by atoms with Crippen LogP contribution in [0.2, 0.25) is 0 Å². The molecule has 5 aliphatic rings. The van der Waals surface area contributed by atoms with Crippen molar-refractivity contribution in [3.8, 4) is 0 Å². The molecule has 1 aliphatic heterocycles. The molecule has 4 aliphatic carbocycles. The monoisotopic (exact) mass is 476 g/mol. The third-order valence-electron chi connectivity index (χ3n) is 7.49. The zero-order chi connectivity index (χ0) is 21.4. The number of imide groups is 1. The van der Waals surface area contributed by atoms with Gasteiger partial charge in [0.2, 0.25) is 11.8 Å². The highest BCUT2D eigenvalue weighted by molar-refractivity contribution is 9.10. The van der Waals surface area contributed by atoms with Crippen molar-refractivity contribution < 1.29 is 14.4 Å². The lowest BCUT2D eigenvalue weighted by Gasteiger charge is -2.37. The van der Waals surface area contributed by atoms with Gasteiger partial charge in [-0.15, -0.1) is 0 Å². The predicted molar refractivity (Wildman–Crippen MR) is 120 cm³/mol. The summed E-state index contributed by atoms with van der Waals surface area (Å²) in [6.07, 6.45) is 5.50. The summed E-state index contributed by atoms with van der Waals surface area (Å²) in [5, 5.41) is 2.91. The molecule has 1 saturated heterocycles. The maximum absolute atomic E-state index is 13.2. The Morgan fingerprint density at radius 1 is 0.968 bits per heavy atom. The second kappa shape index (κ2) is 6.63. The fourth-order valence-corrected chi connectivity index (χ4v) is 6.41. The molecule has 2 aromatic carbocycles. The fourth-order valence-electron chi connectivity index (χ4n) is 5.94.